The van der Waals surface area contributed by atoms with Crippen LogP contribution in [0.4, 0.5) is 0 Å². The normalized spacial score (nSPS) is 11.4. The van der Waals surface area contributed by atoms with Crippen LogP contribution < -0.4 is 5.32 Å². The highest BCUT2D eigenvalue weighted by atomic mass is 32.2. The van der Waals surface area contributed by atoms with Crippen LogP contribution in [-0.2, 0) is 11.3 Å². The van der Waals surface area contributed by atoms with Crippen molar-refractivity contribution in [3.63, 3.8) is 0 Å². The molecule has 0 fully saturated rings. The smallest absolute Gasteiger partial charge is 0.230 e. The molecule has 1 aromatic carbocycles. The fourth-order valence-corrected chi connectivity index (χ4v) is 5.21. The summed E-state index contributed by atoms with van der Waals surface area (Å²) in [6, 6.07) is 6.27. The Labute approximate surface area is 172 Å². The molecule has 0 aliphatic heterocycles. The van der Waals surface area contributed by atoms with Gasteiger partial charge in [-0.3, -0.25) is 4.79 Å². The van der Waals surface area contributed by atoms with Crippen LogP contribution in [0.3, 0.4) is 0 Å². The summed E-state index contributed by atoms with van der Waals surface area (Å²) in [5.74, 6) is 0.341. The van der Waals surface area contributed by atoms with E-state index in [1.165, 1.54) is 38.8 Å². The number of nitrogens with zero attached hydrogens (tertiary/aromatic N) is 2. The van der Waals surface area contributed by atoms with E-state index < -0.39 is 0 Å². The van der Waals surface area contributed by atoms with Crippen molar-refractivity contribution in [2.75, 3.05) is 5.75 Å². The maximum Gasteiger partial charge on any atom is 0.230 e. The van der Waals surface area contributed by atoms with E-state index in [9.17, 15) is 4.79 Å². The second kappa shape index (κ2) is 7.56. The predicted octanol–water partition coefficient (Wildman–Crippen LogP) is 4.81. The molecule has 0 aliphatic rings. The van der Waals surface area contributed by atoms with Gasteiger partial charge in [-0.05, 0) is 56.5 Å². The summed E-state index contributed by atoms with van der Waals surface area (Å²) >= 11 is 3.14. The number of benzene rings is 1. The van der Waals surface area contributed by atoms with Crippen LogP contribution in [0.1, 0.15) is 27.3 Å². The molecular weight excluding hydrogens is 388 g/mol. The lowest BCUT2D eigenvalue weighted by Gasteiger charge is -2.07. The third kappa shape index (κ3) is 3.52. The molecular formula is C21H22N4OS2. The minimum Gasteiger partial charge on any atom is -0.358 e. The van der Waals surface area contributed by atoms with Crippen molar-refractivity contribution in [2.45, 2.75) is 39.3 Å². The van der Waals surface area contributed by atoms with Crippen molar-refractivity contribution in [3.05, 3.63) is 51.8 Å². The summed E-state index contributed by atoms with van der Waals surface area (Å²) in [6.07, 6.45) is 1.58. The number of aryl methyl sites for hydroxylation is 4. The molecule has 3 aromatic heterocycles. The molecule has 2 N–H and O–H groups in total. The van der Waals surface area contributed by atoms with E-state index in [0.29, 0.717) is 12.3 Å². The van der Waals surface area contributed by atoms with Crippen LogP contribution in [-0.4, -0.2) is 26.6 Å². The number of fused-ring (bicyclic) bond motifs is 2. The van der Waals surface area contributed by atoms with Crippen LogP contribution in [0.5, 0.6) is 0 Å². The first kappa shape index (κ1) is 19.0. The molecule has 0 saturated carbocycles. The third-order valence-electron chi connectivity index (χ3n) is 5.13. The first-order chi connectivity index (χ1) is 13.4. The van der Waals surface area contributed by atoms with E-state index in [4.69, 9.17) is 0 Å². The van der Waals surface area contributed by atoms with E-state index in [1.807, 2.05) is 0 Å². The molecule has 3 heterocycles. The maximum absolute atomic E-state index is 12.4. The molecule has 4 aromatic rings. The van der Waals surface area contributed by atoms with Gasteiger partial charge in [0.25, 0.3) is 0 Å². The molecule has 4 rings (SSSR count). The van der Waals surface area contributed by atoms with Crippen LogP contribution in [0.25, 0.3) is 21.1 Å². The van der Waals surface area contributed by atoms with Gasteiger partial charge >= 0.3 is 0 Å². The minimum atomic E-state index is 0.00318. The van der Waals surface area contributed by atoms with Gasteiger partial charge in [0.1, 0.15) is 16.2 Å². The Morgan fingerprint density at radius 3 is 2.82 bits per heavy atom. The molecule has 0 aliphatic carbocycles. The highest BCUT2D eigenvalue weighted by molar-refractivity contribution is 8.00. The number of carbonyl (C=O) groups excluding carboxylic acids is 1. The molecule has 5 nitrogen and oxygen atoms in total. The van der Waals surface area contributed by atoms with Gasteiger partial charge < -0.3 is 10.3 Å². The van der Waals surface area contributed by atoms with Gasteiger partial charge in [0.15, 0.2) is 0 Å². The van der Waals surface area contributed by atoms with E-state index in [0.717, 1.165) is 26.3 Å². The van der Waals surface area contributed by atoms with Crippen molar-refractivity contribution >= 4 is 50.1 Å². The van der Waals surface area contributed by atoms with E-state index in [2.05, 4.69) is 66.2 Å². The molecule has 0 radical (unpaired) electrons. The van der Waals surface area contributed by atoms with Gasteiger partial charge in [-0.1, -0.05) is 17.8 Å². The zero-order valence-electron chi connectivity index (χ0n) is 16.3. The van der Waals surface area contributed by atoms with E-state index >= 15 is 0 Å². The standard InChI is InChI=1S/C21H22N4OS2/c1-11-13(3)25-17-6-5-15(7-16(11)17)8-22-18(26)9-27-20-19-12(2)14(4)28-21(19)24-10-23-20/h5-7,10,25H,8-9H2,1-4H3,(H,22,26). The van der Waals surface area contributed by atoms with Crippen molar-refractivity contribution < 1.29 is 4.79 Å². The molecule has 0 saturated heterocycles. The van der Waals surface area contributed by atoms with E-state index in [-0.39, 0.29) is 5.91 Å². The average Bonchev–Trinajstić information content (AvgIpc) is 3.14. The SMILES string of the molecule is Cc1[nH]c2ccc(CNC(=O)CSc3ncnc4sc(C)c(C)c34)cc2c1C. The van der Waals surface area contributed by atoms with Gasteiger partial charge in [0.05, 0.1) is 5.75 Å². The van der Waals surface area contributed by atoms with Crippen LogP contribution >= 0.6 is 23.1 Å². The summed E-state index contributed by atoms with van der Waals surface area (Å²) in [5, 5.41) is 6.18. The molecule has 0 unspecified atom stereocenters. The zero-order valence-corrected chi connectivity index (χ0v) is 18.0. The largest absolute Gasteiger partial charge is 0.358 e. The number of H-pyrrole nitrogens is 1. The molecule has 28 heavy (non-hydrogen) atoms. The first-order valence-electron chi connectivity index (χ1n) is 9.12. The fraction of sp³-hybridized carbons (Fsp3) is 0.286. The predicted molar refractivity (Wildman–Crippen MR) is 117 cm³/mol. The fourth-order valence-electron chi connectivity index (χ4n) is 3.26. The zero-order chi connectivity index (χ0) is 19.8. The molecule has 144 valence electrons. The summed E-state index contributed by atoms with van der Waals surface area (Å²) in [6.45, 7) is 8.89. The Morgan fingerprint density at radius 2 is 2.00 bits per heavy atom. The van der Waals surface area contributed by atoms with Crippen LogP contribution in [0.2, 0.25) is 0 Å². The number of aromatic nitrogens is 3. The van der Waals surface area contributed by atoms with Gasteiger partial charge in [-0.15, -0.1) is 11.3 Å². The summed E-state index contributed by atoms with van der Waals surface area (Å²) < 4.78 is 0. The number of nitrogens with one attached hydrogen (secondary N) is 2. The second-order valence-corrected chi connectivity index (χ2v) is 9.13. The number of carbonyl (C=O) groups is 1. The van der Waals surface area contributed by atoms with Gasteiger partial charge in [-0.2, -0.15) is 0 Å². The molecule has 7 heteroatoms. The Balaban J connectivity index is 1.41. The number of thioether (sulfide) groups is 1. The quantitative estimate of drug-likeness (QED) is 0.366. The number of thiophene rings is 1. The molecule has 1 amide bonds. The topological polar surface area (TPSA) is 70.7 Å². The minimum absolute atomic E-state index is 0.00318. The highest BCUT2D eigenvalue weighted by Crippen LogP contribution is 2.34. The van der Waals surface area contributed by atoms with Crippen molar-refractivity contribution in [3.8, 4) is 0 Å². The monoisotopic (exact) mass is 410 g/mol. The third-order valence-corrected chi connectivity index (χ3v) is 7.24. The summed E-state index contributed by atoms with van der Waals surface area (Å²) in [7, 11) is 0. The summed E-state index contributed by atoms with van der Waals surface area (Å²) in [4.78, 5) is 26.7. The number of amides is 1. The molecule has 0 bridgehead atoms. The lowest BCUT2D eigenvalue weighted by molar-refractivity contribution is -0.118. The highest BCUT2D eigenvalue weighted by Gasteiger charge is 2.14. The van der Waals surface area contributed by atoms with Crippen LogP contribution in [0.15, 0.2) is 29.6 Å². The molecule has 0 spiro atoms. The lowest BCUT2D eigenvalue weighted by atomic mass is 10.1. The lowest BCUT2D eigenvalue weighted by Crippen LogP contribution is -2.24. The van der Waals surface area contributed by atoms with Gasteiger partial charge in [0.2, 0.25) is 5.91 Å². The number of aromatic amines is 1. The van der Waals surface area contributed by atoms with E-state index in [1.54, 1.807) is 17.7 Å². The number of hydrogen-bond acceptors (Lipinski definition) is 5. The van der Waals surface area contributed by atoms with Crippen molar-refractivity contribution in [2.24, 2.45) is 0 Å². The number of hydrogen-bond donors (Lipinski definition) is 2. The Hall–Kier alpha value is -2.38. The first-order valence-corrected chi connectivity index (χ1v) is 10.9. The van der Waals surface area contributed by atoms with Crippen molar-refractivity contribution in [1.82, 2.24) is 20.3 Å². The van der Waals surface area contributed by atoms with Crippen LogP contribution in [0, 0.1) is 27.7 Å². The Kier molecular flexibility index (Phi) is 5.12. The summed E-state index contributed by atoms with van der Waals surface area (Å²) in [5.41, 5.74) is 5.88. The average molecular weight is 411 g/mol. The Bertz CT molecular complexity index is 1190. The Morgan fingerprint density at radius 1 is 1.18 bits per heavy atom. The van der Waals surface area contributed by atoms with Gasteiger partial charge in [0, 0.05) is 33.4 Å². The van der Waals surface area contributed by atoms with Crippen molar-refractivity contribution in [1.29, 1.82) is 0 Å². The molecule has 0 atom stereocenters. The maximum atomic E-state index is 12.4. The second-order valence-electron chi connectivity index (χ2n) is 6.96. The van der Waals surface area contributed by atoms with Gasteiger partial charge in [-0.25, -0.2) is 9.97 Å². The number of rotatable bonds is 5.